The van der Waals surface area contributed by atoms with Gasteiger partial charge < -0.3 is 19.5 Å². The molecule has 36 heavy (non-hydrogen) atoms. The number of benzene rings is 3. The quantitative estimate of drug-likeness (QED) is 0.256. The molecule has 0 spiro atoms. The van der Waals surface area contributed by atoms with Gasteiger partial charge in [-0.15, -0.1) is 0 Å². The van der Waals surface area contributed by atoms with Gasteiger partial charge in [0.2, 0.25) is 0 Å². The van der Waals surface area contributed by atoms with Gasteiger partial charge >= 0.3 is 0 Å². The third kappa shape index (κ3) is 5.19. The molecule has 3 aromatic carbocycles. The number of aliphatic hydroxyl groups excluding tert-OH is 1. The molecule has 1 saturated heterocycles. The maximum Gasteiger partial charge on any atom is 0.295 e. The third-order valence-corrected chi connectivity index (χ3v) is 6.56. The predicted molar refractivity (Wildman–Crippen MR) is 139 cm³/mol. The van der Waals surface area contributed by atoms with E-state index in [1.165, 1.54) is 4.90 Å². The van der Waals surface area contributed by atoms with Gasteiger partial charge in [-0.05, 0) is 47.7 Å². The van der Waals surface area contributed by atoms with Crippen molar-refractivity contribution in [3.63, 3.8) is 0 Å². The second-order valence-corrected chi connectivity index (χ2v) is 8.82. The summed E-state index contributed by atoms with van der Waals surface area (Å²) < 4.78 is 11.1. The Bertz CT molecular complexity index is 1260. The van der Waals surface area contributed by atoms with Crippen molar-refractivity contribution in [3.05, 3.63) is 106 Å². The van der Waals surface area contributed by atoms with Crippen molar-refractivity contribution in [2.45, 2.75) is 32.9 Å². The molecule has 0 aromatic heterocycles. The SMILES string of the molecule is CCc1ccc(/C(O)=C2/C(=O)C(=O)N(CCOC)C2c2ccc(OCc3ccccc3C)cc2)cc1. The number of carbonyl (C=O) groups is 2. The lowest BCUT2D eigenvalue weighted by Crippen LogP contribution is -2.32. The van der Waals surface area contributed by atoms with Crippen LogP contribution in [0, 0.1) is 6.92 Å². The van der Waals surface area contributed by atoms with Crippen molar-refractivity contribution in [2.24, 2.45) is 0 Å². The molecule has 1 fully saturated rings. The first kappa shape index (κ1) is 25.2. The lowest BCUT2D eigenvalue weighted by Gasteiger charge is -2.25. The highest BCUT2D eigenvalue weighted by Crippen LogP contribution is 2.39. The molecule has 4 rings (SSSR count). The Kier molecular flexibility index (Phi) is 7.86. The number of hydrogen-bond acceptors (Lipinski definition) is 5. The van der Waals surface area contributed by atoms with E-state index in [1.54, 1.807) is 19.2 Å². The maximum atomic E-state index is 13.1. The van der Waals surface area contributed by atoms with Crippen LogP contribution >= 0.6 is 0 Å². The number of ether oxygens (including phenoxy) is 2. The van der Waals surface area contributed by atoms with Crippen LogP contribution in [-0.2, 0) is 27.4 Å². The molecule has 186 valence electrons. The molecule has 0 aliphatic carbocycles. The topological polar surface area (TPSA) is 76.1 Å². The first-order valence-electron chi connectivity index (χ1n) is 12.1. The van der Waals surface area contributed by atoms with Crippen molar-refractivity contribution < 1.29 is 24.2 Å². The number of carbonyl (C=O) groups excluding carboxylic acids is 2. The van der Waals surface area contributed by atoms with E-state index in [4.69, 9.17) is 9.47 Å². The summed E-state index contributed by atoms with van der Waals surface area (Å²) >= 11 is 0. The molecule has 0 radical (unpaired) electrons. The molecule has 1 atom stereocenters. The summed E-state index contributed by atoms with van der Waals surface area (Å²) in [6.07, 6.45) is 0.862. The Morgan fingerprint density at radius 1 is 0.972 bits per heavy atom. The van der Waals surface area contributed by atoms with Crippen LogP contribution in [0.5, 0.6) is 5.75 Å². The molecule has 0 bridgehead atoms. The third-order valence-electron chi connectivity index (χ3n) is 6.56. The molecule has 1 heterocycles. The molecule has 3 aromatic rings. The minimum absolute atomic E-state index is 0.0777. The normalized spacial score (nSPS) is 17.0. The van der Waals surface area contributed by atoms with Crippen LogP contribution in [0.15, 0.2) is 78.4 Å². The van der Waals surface area contributed by atoms with Gasteiger partial charge in [-0.1, -0.05) is 67.6 Å². The smallest absolute Gasteiger partial charge is 0.295 e. The first-order chi connectivity index (χ1) is 17.4. The van der Waals surface area contributed by atoms with Crippen molar-refractivity contribution in [1.29, 1.82) is 0 Å². The zero-order valence-corrected chi connectivity index (χ0v) is 20.9. The van der Waals surface area contributed by atoms with Gasteiger partial charge in [-0.2, -0.15) is 0 Å². The number of aryl methyl sites for hydroxylation is 2. The first-order valence-corrected chi connectivity index (χ1v) is 12.1. The number of aliphatic hydroxyl groups is 1. The summed E-state index contributed by atoms with van der Waals surface area (Å²) in [5, 5.41) is 11.2. The van der Waals surface area contributed by atoms with Crippen molar-refractivity contribution >= 4 is 17.4 Å². The lowest BCUT2D eigenvalue weighted by atomic mass is 9.95. The van der Waals surface area contributed by atoms with E-state index in [0.717, 1.165) is 23.1 Å². The van der Waals surface area contributed by atoms with Gasteiger partial charge in [-0.3, -0.25) is 9.59 Å². The molecule has 1 aliphatic rings. The van der Waals surface area contributed by atoms with Crippen LogP contribution in [0.2, 0.25) is 0 Å². The fraction of sp³-hybridized carbons (Fsp3) is 0.267. The monoisotopic (exact) mass is 485 g/mol. The highest BCUT2D eigenvalue weighted by molar-refractivity contribution is 6.46. The zero-order chi connectivity index (χ0) is 25.7. The van der Waals surface area contributed by atoms with Crippen LogP contribution in [0.25, 0.3) is 5.76 Å². The van der Waals surface area contributed by atoms with Crippen molar-refractivity contribution in [2.75, 3.05) is 20.3 Å². The van der Waals surface area contributed by atoms with E-state index in [9.17, 15) is 14.7 Å². The molecule has 6 heteroatoms. The molecule has 6 nitrogen and oxygen atoms in total. The van der Waals surface area contributed by atoms with E-state index in [0.29, 0.717) is 23.5 Å². The summed E-state index contributed by atoms with van der Waals surface area (Å²) in [5.74, 6) is -0.858. The molecule has 0 saturated carbocycles. The minimum atomic E-state index is -0.726. The molecule has 1 N–H and O–H groups in total. The summed E-state index contributed by atoms with van der Waals surface area (Å²) in [7, 11) is 1.54. The zero-order valence-electron chi connectivity index (χ0n) is 20.9. The Labute approximate surface area is 211 Å². The Morgan fingerprint density at radius 2 is 1.67 bits per heavy atom. The van der Waals surface area contributed by atoms with Crippen LogP contribution in [0.3, 0.4) is 0 Å². The van der Waals surface area contributed by atoms with E-state index in [1.807, 2.05) is 74.5 Å². The average molecular weight is 486 g/mol. The highest BCUT2D eigenvalue weighted by Gasteiger charge is 2.45. The second-order valence-electron chi connectivity index (χ2n) is 8.82. The van der Waals surface area contributed by atoms with Gasteiger partial charge in [-0.25, -0.2) is 0 Å². The average Bonchev–Trinajstić information content (AvgIpc) is 3.16. The second kappa shape index (κ2) is 11.2. The Balaban J connectivity index is 1.66. The molecule has 1 amide bonds. The van der Waals surface area contributed by atoms with Crippen molar-refractivity contribution in [1.82, 2.24) is 4.90 Å². The number of rotatable bonds is 9. The fourth-order valence-corrected chi connectivity index (χ4v) is 4.38. The van der Waals surface area contributed by atoms with Gasteiger partial charge in [0.1, 0.15) is 18.1 Å². The van der Waals surface area contributed by atoms with Gasteiger partial charge in [0.25, 0.3) is 11.7 Å². The minimum Gasteiger partial charge on any atom is -0.507 e. The fourth-order valence-electron chi connectivity index (χ4n) is 4.38. The molecule has 1 aliphatic heterocycles. The summed E-state index contributed by atoms with van der Waals surface area (Å²) in [6.45, 7) is 5.02. The largest absolute Gasteiger partial charge is 0.507 e. The lowest BCUT2D eigenvalue weighted by molar-refractivity contribution is -0.140. The van der Waals surface area contributed by atoms with E-state index < -0.39 is 17.7 Å². The number of hydrogen-bond donors (Lipinski definition) is 1. The summed E-state index contributed by atoms with van der Waals surface area (Å²) in [4.78, 5) is 27.5. The molecular formula is C30H31NO5. The van der Waals surface area contributed by atoms with Crippen LogP contribution in [0.4, 0.5) is 0 Å². The number of Topliss-reactive ketones (excluding diaryl/α,β-unsaturated/α-hetero) is 1. The van der Waals surface area contributed by atoms with E-state index in [-0.39, 0.29) is 24.5 Å². The number of nitrogens with zero attached hydrogens (tertiary/aromatic N) is 1. The van der Waals surface area contributed by atoms with E-state index >= 15 is 0 Å². The standard InChI is InChI=1S/C30H31NO5/c1-4-21-9-11-23(12-10-21)28(32)26-27(31(17-18-35-3)30(34)29(26)33)22-13-15-25(16-14-22)36-19-24-8-6-5-7-20(24)2/h5-16,27,32H,4,17-19H2,1-3H3/b28-26-. The summed E-state index contributed by atoms with van der Waals surface area (Å²) in [6, 6.07) is 22.0. The summed E-state index contributed by atoms with van der Waals surface area (Å²) in [5.41, 5.74) is 4.66. The Hall–Kier alpha value is -3.90. The van der Waals surface area contributed by atoms with Crippen LogP contribution in [-0.4, -0.2) is 42.0 Å². The van der Waals surface area contributed by atoms with Crippen molar-refractivity contribution in [3.8, 4) is 5.75 Å². The Morgan fingerprint density at radius 3 is 2.31 bits per heavy atom. The highest BCUT2D eigenvalue weighted by atomic mass is 16.5. The number of methoxy groups -OCH3 is 1. The van der Waals surface area contributed by atoms with E-state index in [2.05, 4.69) is 0 Å². The molecule has 1 unspecified atom stereocenters. The predicted octanol–water partition coefficient (Wildman–Crippen LogP) is 5.20. The van der Waals surface area contributed by atoms with Gasteiger partial charge in [0.05, 0.1) is 18.2 Å². The van der Waals surface area contributed by atoms with Gasteiger partial charge in [0, 0.05) is 19.2 Å². The van der Waals surface area contributed by atoms with Gasteiger partial charge in [0.15, 0.2) is 0 Å². The van der Waals surface area contributed by atoms with Crippen LogP contribution < -0.4 is 4.74 Å². The number of likely N-dealkylation sites (tertiary alicyclic amines) is 1. The maximum absolute atomic E-state index is 13.1. The van der Waals surface area contributed by atoms with Crippen LogP contribution in [0.1, 0.15) is 40.8 Å². The molecular weight excluding hydrogens is 454 g/mol. The number of amides is 1. The number of ketones is 1.